The second kappa shape index (κ2) is 17.2. The molecule has 0 spiro atoms. The second-order valence-corrected chi connectivity index (χ2v) is 8.14. The summed E-state index contributed by atoms with van der Waals surface area (Å²) in [7, 11) is 0. The molecule has 0 saturated carbocycles. The number of carbonyl (C=O) groups is 4. The molecule has 0 aliphatic carbocycles. The van der Waals surface area contributed by atoms with Crippen LogP contribution >= 0.6 is 0 Å². The fraction of sp³-hybridized carbons (Fsp3) is 0.750. The molecule has 9 heteroatoms. The van der Waals surface area contributed by atoms with E-state index in [0.29, 0.717) is 6.54 Å². The fourth-order valence-corrected chi connectivity index (χ4v) is 3.31. The van der Waals surface area contributed by atoms with E-state index in [4.69, 9.17) is 18.9 Å². The third kappa shape index (κ3) is 13.8. The van der Waals surface area contributed by atoms with Gasteiger partial charge in [-0.1, -0.05) is 64.7 Å². The van der Waals surface area contributed by atoms with Crippen LogP contribution in [0, 0.1) is 0 Å². The van der Waals surface area contributed by atoms with E-state index in [1.165, 1.54) is 57.9 Å². The summed E-state index contributed by atoms with van der Waals surface area (Å²) in [6, 6.07) is 0. The number of hydrogen-bond donors (Lipinski definition) is 1. The number of ether oxygens (including phenoxy) is 4. The van der Waals surface area contributed by atoms with Crippen molar-refractivity contribution in [2.75, 3.05) is 19.8 Å². The Bertz CT molecular complexity index is 661. The van der Waals surface area contributed by atoms with Gasteiger partial charge in [0.15, 0.2) is 5.76 Å². The molecule has 0 unspecified atom stereocenters. The first-order chi connectivity index (χ1) is 15.8. The number of ketones is 1. The first kappa shape index (κ1) is 28.8. The zero-order chi connectivity index (χ0) is 24.5. The number of amides is 1. The zero-order valence-corrected chi connectivity index (χ0v) is 20.2. The van der Waals surface area contributed by atoms with Gasteiger partial charge in [-0.05, 0) is 12.5 Å². The van der Waals surface area contributed by atoms with Crippen LogP contribution in [0.15, 0.2) is 11.8 Å². The molecular formula is C24H39NO8. The van der Waals surface area contributed by atoms with Gasteiger partial charge < -0.3 is 24.3 Å². The van der Waals surface area contributed by atoms with Crippen LogP contribution in [0.5, 0.6) is 0 Å². The van der Waals surface area contributed by atoms with Gasteiger partial charge in [-0.15, -0.1) is 0 Å². The van der Waals surface area contributed by atoms with Crippen LogP contribution in [0.3, 0.4) is 0 Å². The lowest BCUT2D eigenvalue weighted by Crippen LogP contribution is -2.42. The molecule has 1 heterocycles. The maximum Gasteiger partial charge on any atom is 0.308 e. The van der Waals surface area contributed by atoms with Crippen LogP contribution in [-0.4, -0.2) is 55.8 Å². The molecule has 0 aromatic heterocycles. The van der Waals surface area contributed by atoms with E-state index in [1.807, 2.05) is 0 Å². The van der Waals surface area contributed by atoms with E-state index < -0.39 is 30.1 Å². The third-order valence-electron chi connectivity index (χ3n) is 5.02. The van der Waals surface area contributed by atoms with Gasteiger partial charge in [0.05, 0.1) is 0 Å². The lowest BCUT2D eigenvalue weighted by Gasteiger charge is -2.27. The minimum Gasteiger partial charge on any atom is -0.463 e. The van der Waals surface area contributed by atoms with Gasteiger partial charge in [0.1, 0.15) is 19.3 Å². The highest BCUT2D eigenvalue weighted by atomic mass is 16.7. The number of carbonyl (C=O) groups excluding carboxylic acids is 4. The molecule has 0 bridgehead atoms. The lowest BCUT2D eigenvalue weighted by atomic mass is 10.1. The number of unbranched alkanes of at least 4 members (excludes halogenated alkanes) is 9. The minimum absolute atomic E-state index is 0.182. The van der Waals surface area contributed by atoms with Crippen LogP contribution in [0.4, 0.5) is 0 Å². The Hall–Kier alpha value is -2.26. The molecule has 0 aromatic rings. The van der Waals surface area contributed by atoms with E-state index in [-0.39, 0.29) is 24.9 Å². The topological polar surface area (TPSA) is 117 Å². The van der Waals surface area contributed by atoms with Crippen molar-refractivity contribution in [1.82, 2.24) is 5.32 Å². The second-order valence-electron chi connectivity index (χ2n) is 8.14. The van der Waals surface area contributed by atoms with Crippen molar-refractivity contribution >= 4 is 23.6 Å². The van der Waals surface area contributed by atoms with Crippen molar-refractivity contribution in [1.29, 1.82) is 0 Å². The molecule has 1 aliphatic heterocycles. The Morgan fingerprint density at radius 2 is 1.55 bits per heavy atom. The molecule has 188 valence electrons. The quantitative estimate of drug-likeness (QED) is 0.255. The van der Waals surface area contributed by atoms with Crippen molar-refractivity contribution in [3.8, 4) is 0 Å². The van der Waals surface area contributed by atoms with Gasteiger partial charge in [0.25, 0.3) is 5.78 Å². The highest BCUT2D eigenvalue weighted by Crippen LogP contribution is 2.19. The average molecular weight is 470 g/mol. The molecular weight excluding hydrogens is 430 g/mol. The minimum atomic E-state index is -1.44. The molecule has 1 aliphatic rings. The molecule has 9 nitrogen and oxygen atoms in total. The van der Waals surface area contributed by atoms with E-state index in [0.717, 1.165) is 26.2 Å². The smallest absolute Gasteiger partial charge is 0.308 e. The number of rotatable bonds is 17. The average Bonchev–Trinajstić information content (AvgIpc) is 2.76. The number of nitrogens with one attached hydrogen (secondary N) is 1. The Labute approximate surface area is 196 Å². The molecule has 2 atom stereocenters. The van der Waals surface area contributed by atoms with Gasteiger partial charge in [-0.25, -0.2) is 0 Å². The molecule has 1 rings (SSSR count). The molecule has 33 heavy (non-hydrogen) atoms. The van der Waals surface area contributed by atoms with Crippen molar-refractivity contribution in [2.24, 2.45) is 0 Å². The summed E-state index contributed by atoms with van der Waals surface area (Å²) < 4.78 is 20.5. The summed E-state index contributed by atoms with van der Waals surface area (Å²) >= 11 is 0. The van der Waals surface area contributed by atoms with Gasteiger partial charge in [-0.2, -0.15) is 0 Å². The SMILES string of the molecule is CCCCCCCCCCCCNC(=O)CO[C@@H]1O[C@H](COC(C)=O)C=C(OC(C)=O)C1=O. The van der Waals surface area contributed by atoms with E-state index in [9.17, 15) is 19.2 Å². The van der Waals surface area contributed by atoms with Gasteiger partial charge in [0.2, 0.25) is 12.2 Å². The predicted octanol–water partition coefficient (Wildman–Crippen LogP) is 3.34. The molecule has 0 saturated heterocycles. The lowest BCUT2D eigenvalue weighted by molar-refractivity contribution is -0.191. The fourth-order valence-electron chi connectivity index (χ4n) is 3.31. The monoisotopic (exact) mass is 469 g/mol. The van der Waals surface area contributed by atoms with Crippen LogP contribution in [0.2, 0.25) is 0 Å². The standard InChI is InChI=1S/C24H39NO8/c1-4-5-6-7-8-9-10-11-12-13-14-25-22(28)17-31-24-23(29)21(32-19(3)27)15-20(33-24)16-30-18(2)26/h15,20,24H,4-14,16-17H2,1-3H3,(H,25,28)/t20-,24+/m0/s1. The number of Topliss-reactive ketones (excluding diaryl/α,β-unsaturated/α-hetero) is 1. The summed E-state index contributed by atoms with van der Waals surface area (Å²) in [6.45, 7) is 4.57. The predicted molar refractivity (Wildman–Crippen MR) is 121 cm³/mol. The summed E-state index contributed by atoms with van der Waals surface area (Å²) in [5, 5.41) is 2.76. The normalized spacial score (nSPS) is 17.9. The summed E-state index contributed by atoms with van der Waals surface area (Å²) in [5.41, 5.74) is 0. The molecule has 0 radical (unpaired) electrons. The largest absolute Gasteiger partial charge is 0.463 e. The van der Waals surface area contributed by atoms with Crippen LogP contribution in [-0.2, 0) is 38.1 Å². The van der Waals surface area contributed by atoms with Gasteiger partial charge >= 0.3 is 11.9 Å². The Balaban J connectivity index is 2.26. The maximum atomic E-state index is 12.4. The summed E-state index contributed by atoms with van der Waals surface area (Å²) in [4.78, 5) is 46.7. The highest BCUT2D eigenvalue weighted by Gasteiger charge is 2.35. The number of hydrogen-bond acceptors (Lipinski definition) is 8. The van der Waals surface area contributed by atoms with E-state index >= 15 is 0 Å². The Kier molecular flexibility index (Phi) is 15.0. The first-order valence-electron chi connectivity index (χ1n) is 11.9. The molecule has 1 N–H and O–H groups in total. The summed E-state index contributed by atoms with van der Waals surface area (Å²) in [6.07, 6.45) is 11.1. The van der Waals surface area contributed by atoms with Crippen molar-refractivity contribution in [3.05, 3.63) is 11.8 Å². The molecule has 1 amide bonds. The highest BCUT2D eigenvalue weighted by molar-refractivity contribution is 5.98. The van der Waals surface area contributed by atoms with Gasteiger partial charge in [-0.3, -0.25) is 19.2 Å². The van der Waals surface area contributed by atoms with Gasteiger partial charge in [0, 0.05) is 20.4 Å². The molecule has 0 aromatic carbocycles. The van der Waals surface area contributed by atoms with Crippen LogP contribution in [0.1, 0.15) is 85.0 Å². The van der Waals surface area contributed by atoms with Crippen LogP contribution < -0.4 is 5.32 Å². The first-order valence-corrected chi connectivity index (χ1v) is 11.9. The Morgan fingerprint density at radius 1 is 0.939 bits per heavy atom. The van der Waals surface area contributed by atoms with E-state index in [2.05, 4.69) is 12.2 Å². The van der Waals surface area contributed by atoms with Crippen molar-refractivity contribution < 1.29 is 38.1 Å². The zero-order valence-electron chi connectivity index (χ0n) is 20.2. The third-order valence-corrected chi connectivity index (χ3v) is 5.02. The number of esters is 2. The molecule has 0 fully saturated rings. The maximum absolute atomic E-state index is 12.4. The van der Waals surface area contributed by atoms with Crippen molar-refractivity contribution in [2.45, 2.75) is 97.4 Å². The van der Waals surface area contributed by atoms with Crippen molar-refractivity contribution in [3.63, 3.8) is 0 Å². The summed E-state index contributed by atoms with van der Waals surface area (Å²) in [5.74, 6) is -2.56. The van der Waals surface area contributed by atoms with E-state index in [1.54, 1.807) is 0 Å². The Morgan fingerprint density at radius 3 is 2.12 bits per heavy atom. The van der Waals surface area contributed by atoms with Crippen LogP contribution in [0.25, 0.3) is 0 Å².